The number of carbonyl (C=O) groups is 1. The standard InChI is InChI=1S/C15H17ClN6O4/c1-8-5-25-6-9-7-26-12-10(17-15(16)18-13(12)22(8)9)3-21-4-11(19-20-21)14(23)24-2/h4,8-9H,3,5-7H2,1-2H3/t8-,9?/m1/s1. The van der Waals surface area contributed by atoms with Gasteiger partial charge in [-0.1, -0.05) is 5.21 Å². The van der Waals surface area contributed by atoms with E-state index < -0.39 is 5.97 Å². The summed E-state index contributed by atoms with van der Waals surface area (Å²) in [5.41, 5.74) is 0.683. The quantitative estimate of drug-likeness (QED) is 0.557. The SMILES string of the molecule is COC(=O)c1cn(Cc2nc(Cl)nc3c2OCC2COC[C@@H](C)N32)nn1. The molecule has 138 valence electrons. The summed E-state index contributed by atoms with van der Waals surface area (Å²) in [6.45, 7) is 3.96. The van der Waals surface area contributed by atoms with Gasteiger partial charge < -0.3 is 19.1 Å². The third-order valence-electron chi connectivity index (χ3n) is 4.34. The van der Waals surface area contributed by atoms with Gasteiger partial charge in [0.1, 0.15) is 12.3 Å². The van der Waals surface area contributed by atoms with Crippen molar-refractivity contribution >= 4 is 23.4 Å². The van der Waals surface area contributed by atoms with Crippen LogP contribution >= 0.6 is 11.6 Å². The topological polar surface area (TPSA) is 104 Å². The van der Waals surface area contributed by atoms with Crippen LogP contribution in [0.3, 0.4) is 0 Å². The molecule has 0 bridgehead atoms. The molecule has 0 radical (unpaired) electrons. The fourth-order valence-electron chi connectivity index (χ4n) is 3.20. The maximum atomic E-state index is 11.5. The first kappa shape index (κ1) is 17.0. The molecule has 4 heterocycles. The van der Waals surface area contributed by atoms with E-state index in [1.54, 1.807) is 0 Å². The summed E-state index contributed by atoms with van der Waals surface area (Å²) in [6, 6.07) is 0.231. The van der Waals surface area contributed by atoms with Gasteiger partial charge in [-0.25, -0.2) is 14.5 Å². The van der Waals surface area contributed by atoms with Crippen molar-refractivity contribution in [1.82, 2.24) is 25.0 Å². The molecule has 4 rings (SSSR count). The van der Waals surface area contributed by atoms with Crippen molar-refractivity contribution in [2.24, 2.45) is 0 Å². The number of rotatable bonds is 3. The van der Waals surface area contributed by atoms with E-state index in [-0.39, 0.29) is 29.6 Å². The van der Waals surface area contributed by atoms with Crippen molar-refractivity contribution in [2.45, 2.75) is 25.6 Å². The van der Waals surface area contributed by atoms with Gasteiger partial charge >= 0.3 is 5.97 Å². The van der Waals surface area contributed by atoms with E-state index in [1.165, 1.54) is 18.0 Å². The number of hydrogen-bond donors (Lipinski definition) is 0. The molecule has 2 aliphatic heterocycles. The minimum Gasteiger partial charge on any atom is -0.486 e. The minimum absolute atomic E-state index is 0.0855. The molecular weight excluding hydrogens is 364 g/mol. The molecule has 2 atom stereocenters. The van der Waals surface area contributed by atoms with Gasteiger partial charge in [0.05, 0.1) is 45.1 Å². The average Bonchev–Trinajstić information content (AvgIpc) is 3.09. The number of carbonyl (C=O) groups excluding carboxylic acids is 1. The van der Waals surface area contributed by atoms with Gasteiger partial charge in [0.25, 0.3) is 0 Å². The second-order valence-corrected chi connectivity index (χ2v) is 6.48. The number of morpholine rings is 1. The zero-order valence-electron chi connectivity index (χ0n) is 14.3. The number of esters is 1. The lowest BCUT2D eigenvalue weighted by Gasteiger charge is -2.44. The number of anilines is 1. The number of nitrogens with zero attached hydrogens (tertiary/aromatic N) is 6. The Kier molecular flexibility index (Phi) is 4.37. The molecule has 0 saturated carbocycles. The summed E-state index contributed by atoms with van der Waals surface area (Å²) >= 11 is 6.15. The number of hydrogen-bond acceptors (Lipinski definition) is 9. The lowest BCUT2D eigenvalue weighted by molar-refractivity contribution is 0.0483. The fourth-order valence-corrected chi connectivity index (χ4v) is 3.38. The van der Waals surface area contributed by atoms with E-state index in [9.17, 15) is 4.79 Å². The van der Waals surface area contributed by atoms with Crippen LogP contribution in [0.5, 0.6) is 5.75 Å². The van der Waals surface area contributed by atoms with Gasteiger partial charge in [-0.2, -0.15) is 4.98 Å². The molecule has 2 aromatic heterocycles. The molecule has 1 fully saturated rings. The first-order chi connectivity index (χ1) is 12.6. The van der Waals surface area contributed by atoms with Gasteiger partial charge in [0.15, 0.2) is 17.3 Å². The molecule has 2 aliphatic rings. The van der Waals surface area contributed by atoms with E-state index in [2.05, 4.69) is 36.8 Å². The zero-order chi connectivity index (χ0) is 18.3. The molecule has 10 nitrogen and oxygen atoms in total. The van der Waals surface area contributed by atoms with Crippen LogP contribution in [0.15, 0.2) is 6.20 Å². The Morgan fingerprint density at radius 1 is 1.38 bits per heavy atom. The Bertz CT molecular complexity index is 844. The molecule has 1 unspecified atom stereocenters. The van der Waals surface area contributed by atoms with E-state index >= 15 is 0 Å². The third kappa shape index (κ3) is 2.95. The summed E-state index contributed by atoms with van der Waals surface area (Å²) in [5, 5.41) is 7.84. The Morgan fingerprint density at radius 3 is 3.04 bits per heavy atom. The highest BCUT2D eigenvalue weighted by molar-refractivity contribution is 6.28. The zero-order valence-corrected chi connectivity index (χ0v) is 15.0. The van der Waals surface area contributed by atoms with Crippen molar-refractivity contribution in [3.8, 4) is 5.75 Å². The maximum absolute atomic E-state index is 11.5. The summed E-state index contributed by atoms with van der Waals surface area (Å²) in [7, 11) is 1.29. The number of methoxy groups -OCH3 is 1. The monoisotopic (exact) mass is 380 g/mol. The molecule has 0 N–H and O–H groups in total. The summed E-state index contributed by atoms with van der Waals surface area (Å²) in [5.74, 6) is 0.662. The molecule has 2 aromatic rings. The Hall–Kier alpha value is -2.46. The van der Waals surface area contributed by atoms with Crippen LogP contribution in [0.1, 0.15) is 23.1 Å². The minimum atomic E-state index is -0.555. The predicted octanol–water partition coefficient (Wildman–Crippen LogP) is 0.542. The largest absolute Gasteiger partial charge is 0.486 e. The first-order valence-electron chi connectivity index (χ1n) is 8.10. The highest BCUT2D eigenvalue weighted by Gasteiger charge is 2.37. The second kappa shape index (κ2) is 6.69. The Morgan fingerprint density at radius 2 is 2.23 bits per heavy atom. The summed E-state index contributed by atoms with van der Waals surface area (Å²) in [4.78, 5) is 22.4. The highest BCUT2D eigenvalue weighted by atomic mass is 35.5. The van der Waals surface area contributed by atoms with Crippen molar-refractivity contribution in [3.05, 3.63) is 22.9 Å². The summed E-state index contributed by atoms with van der Waals surface area (Å²) in [6.07, 6.45) is 1.48. The van der Waals surface area contributed by atoms with Crippen molar-refractivity contribution < 1.29 is 19.0 Å². The molecule has 0 spiro atoms. The van der Waals surface area contributed by atoms with Gasteiger partial charge in [-0.3, -0.25) is 0 Å². The summed E-state index contributed by atoms with van der Waals surface area (Å²) < 4.78 is 17.6. The molecule has 26 heavy (non-hydrogen) atoms. The maximum Gasteiger partial charge on any atom is 0.360 e. The smallest absolute Gasteiger partial charge is 0.360 e. The third-order valence-corrected chi connectivity index (χ3v) is 4.51. The van der Waals surface area contributed by atoms with Crippen molar-refractivity contribution in [2.75, 3.05) is 31.8 Å². The lowest BCUT2D eigenvalue weighted by atomic mass is 10.1. The van der Waals surface area contributed by atoms with Crippen LogP contribution in [0.2, 0.25) is 5.28 Å². The predicted molar refractivity (Wildman–Crippen MR) is 89.5 cm³/mol. The molecular formula is C15H17ClN6O4. The van der Waals surface area contributed by atoms with E-state index in [1.807, 2.05) is 0 Å². The number of aromatic nitrogens is 5. The van der Waals surface area contributed by atoms with Gasteiger partial charge in [0.2, 0.25) is 5.28 Å². The van der Waals surface area contributed by atoms with E-state index in [4.69, 9.17) is 21.1 Å². The number of halogens is 1. The molecule has 0 amide bonds. The number of fused-ring (bicyclic) bond motifs is 3. The number of ether oxygens (including phenoxy) is 3. The first-order valence-corrected chi connectivity index (χ1v) is 8.48. The second-order valence-electron chi connectivity index (χ2n) is 6.14. The lowest BCUT2D eigenvalue weighted by Crippen LogP contribution is -2.56. The molecule has 0 aliphatic carbocycles. The Labute approximate surface area is 154 Å². The van der Waals surface area contributed by atoms with Gasteiger partial charge in [-0.15, -0.1) is 5.10 Å². The van der Waals surface area contributed by atoms with Crippen LogP contribution in [0.4, 0.5) is 5.82 Å². The van der Waals surface area contributed by atoms with Crippen LogP contribution in [-0.2, 0) is 16.0 Å². The molecule has 11 heteroatoms. The van der Waals surface area contributed by atoms with E-state index in [0.29, 0.717) is 37.1 Å². The normalized spacial score (nSPS) is 21.6. The van der Waals surface area contributed by atoms with Gasteiger partial charge in [-0.05, 0) is 18.5 Å². The molecule has 1 saturated heterocycles. The van der Waals surface area contributed by atoms with E-state index in [0.717, 1.165) is 0 Å². The van der Waals surface area contributed by atoms with Crippen molar-refractivity contribution in [1.29, 1.82) is 0 Å². The van der Waals surface area contributed by atoms with Gasteiger partial charge in [0, 0.05) is 0 Å². The average molecular weight is 381 g/mol. The van der Waals surface area contributed by atoms with Crippen LogP contribution in [0, 0.1) is 0 Å². The van der Waals surface area contributed by atoms with Crippen LogP contribution < -0.4 is 9.64 Å². The van der Waals surface area contributed by atoms with Crippen LogP contribution in [-0.4, -0.2) is 69.9 Å². The Balaban J connectivity index is 1.68. The van der Waals surface area contributed by atoms with Crippen LogP contribution in [0.25, 0.3) is 0 Å². The molecule has 0 aromatic carbocycles. The highest BCUT2D eigenvalue weighted by Crippen LogP contribution is 2.38. The van der Waals surface area contributed by atoms with Crippen molar-refractivity contribution in [3.63, 3.8) is 0 Å². The fraction of sp³-hybridized carbons (Fsp3) is 0.533.